The monoisotopic (exact) mass is 345 g/mol. The van der Waals surface area contributed by atoms with E-state index in [4.69, 9.17) is 0 Å². The van der Waals surface area contributed by atoms with Gasteiger partial charge >= 0.3 is 15.2 Å². The first-order chi connectivity index (χ1) is 9.05. The van der Waals surface area contributed by atoms with Crippen LogP contribution in [0.3, 0.4) is 0 Å². The highest BCUT2D eigenvalue weighted by atomic mass is 32.2. The van der Waals surface area contributed by atoms with Crippen LogP contribution in [-0.2, 0) is 9.13 Å². The van der Waals surface area contributed by atoms with Crippen molar-refractivity contribution in [1.29, 1.82) is 0 Å². The third kappa shape index (κ3) is 3.33. The molecule has 2 rings (SSSR count). The van der Waals surface area contributed by atoms with Gasteiger partial charge in [0.1, 0.15) is 5.16 Å². The Balaban J connectivity index is 2.39. The fourth-order valence-electron chi connectivity index (χ4n) is 3.42. The van der Waals surface area contributed by atoms with E-state index in [2.05, 4.69) is 11.6 Å². The van der Waals surface area contributed by atoms with Crippen molar-refractivity contribution in [2.75, 3.05) is 12.7 Å². The molecule has 1 heterocycles. The molecule has 10 heteroatoms. The molecule has 1 aliphatic heterocycles. The Hall–Kier alpha value is 0.610. The Kier molecular flexibility index (Phi) is 4.81. The van der Waals surface area contributed by atoms with Gasteiger partial charge < -0.3 is 19.6 Å². The SMILES string of the molecule is CC1CCC2C(C1)SNCC2(CP(=O)(O)O)P(=O)(O)O. The van der Waals surface area contributed by atoms with E-state index in [1.165, 1.54) is 11.9 Å². The van der Waals surface area contributed by atoms with Crippen LogP contribution in [0.2, 0.25) is 0 Å². The van der Waals surface area contributed by atoms with Gasteiger partial charge in [-0.15, -0.1) is 0 Å². The molecule has 0 spiro atoms. The molecule has 0 aromatic heterocycles. The number of hydrogen-bond donors (Lipinski definition) is 5. The average molecular weight is 345 g/mol. The topological polar surface area (TPSA) is 127 Å². The first-order valence-electron chi connectivity index (χ1n) is 6.54. The van der Waals surface area contributed by atoms with Crippen molar-refractivity contribution in [2.24, 2.45) is 11.8 Å². The lowest BCUT2D eigenvalue weighted by atomic mass is 9.75. The molecule has 1 saturated carbocycles. The molecule has 118 valence electrons. The molecule has 0 aromatic carbocycles. The number of hydrogen-bond acceptors (Lipinski definition) is 4. The van der Waals surface area contributed by atoms with E-state index in [-0.39, 0.29) is 17.7 Å². The van der Waals surface area contributed by atoms with Crippen LogP contribution in [0.5, 0.6) is 0 Å². The fourth-order valence-corrected chi connectivity index (χ4v) is 8.54. The van der Waals surface area contributed by atoms with Crippen LogP contribution in [-0.4, -0.2) is 42.7 Å². The Bertz CT molecular complexity index is 465. The normalized spacial score (nSPS) is 39.4. The van der Waals surface area contributed by atoms with Gasteiger partial charge in [-0.2, -0.15) is 0 Å². The third-order valence-corrected chi connectivity index (χ3v) is 8.59. The summed E-state index contributed by atoms with van der Waals surface area (Å²) in [7, 11) is -9.16. The molecule has 0 aromatic rings. The van der Waals surface area contributed by atoms with E-state index in [9.17, 15) is 28.7 Å². The van der Waals surface area contributed by atoms with Gasteiger partial charge in [-0.25, -0.2) is 0 Å². The fraction of sp³-hybridized carbons (Fsp3) is 1.00. The van der Waals surface area contributed by atoms with Crippen LogP contribution in [0, 0.1) is 11.8 Å². The van der Waals surface area contributed by atoms with Gasteiger partial charge in [-0.3, -0.25) is 13.9 Å². The van der Waals surface area contributed by atoms with E-state index < -0.39 is 26.5 Å². The van der Waals surface area contributed by atoms with Crippen LogP contribution < -0.4 is 4.72 Å². The van der Waals surface area contributed by atoms with Crippen LogP contribution in [0.15, 0.2) is 0 Å². The second kappa shape index (κ2) is 5.67. The maximum atomic E-state index is 12.0. The lowest BCUT2D eigenvalue weighted by Crippen LogP contribution is -2.57. The molecule has 2 fully saturated rings. The van der Waals surface area contributed by atoms with Crippen molar-refractivity contribution < 1.29 is 28.7 Å². The first-order valence-corrected chi connectivity index (χ1v) is 10.8. The van der Waals surface area contributed by atoms with Gasteiger partial charge in [0.15, 0.2) is 0 Å². The zero-order chi connectivity index (χ0) is 15.2. The van der Waals surface area contributed by atoms with E-state index >= 15 is 0 Å². The number of fused-ring (bicyclic) bond motifs is 1. The van der Waals surface area contributed by atoms with E-state index in [0.29, 0.717) is 12.3 Å². The molecule has 4 unspecified atom stereocenters. The smallest absolute Gasteiger partial charge is 0.324 e. The van der Waals surface area contributed by atoms with E-state index in [1.54, 1.807) is 0 Å². The van der Waals surface area contributed by atoms with Gasteiger partial charge in [0.2, 0.25) is 0 Å². The zero-order valence-electron chi connectivity index (χ0n) is 11.2. The zero-order valence-corrected chi connectivity index (χ0v) is 13.8. The van der Waals surface area contributed by atoms with E-state index in [1.807, 2.05) is 0 Å². The second-order valence-electron chi connectivity index (χ2n) is 5.97. The minimum Gasteiger partial charge on any atom is -0.324 e. The van der Waals surface area contributed by atoms with Crippen LogP contribution in [0.1, 0.15) is 26.2 Å². The van der Waals surface area contributed by atoms with Crippen molar-refractivity contribution in [1.82, 2.24) is 4.72 Å². The highest BCUT2D eigenvalue weighted by Gasteiger charge is 2.60. The number of nitrogens with one attached hydrogen (secondary N) is 1. The standard InChI is InChI=1S/C10H21NO6P2S/c1-7-2-3-8-9(4-7)20-11-5-10(8,19(15,16)17)6-18(12,13)14/h7-9,11H,2-6H2,1H3,(H2,12,13,14)(H2,15,16,17). The maximum Gasteiger partial charge on any atom is 0.333 e. The van der Waals surface area contributed by atoms with Crippen molar-refractivity contribution in [3.05, 3.63) is 0 Å². The van der Waals surface area contributed by atoms with Gasteiger partial charge in [0.05, 0.1) is 6.16 Å². The quantitative estimate of drug-likeness (QED) is 0.381. The molecule has 0 bridgehead atoms. The average Bonchev–Trinajstić information content (AvgIpc) is 2.25. The Morgan fingerprint density at radius 3 is 2.45 bits per heavy atom. The first kappa shape index (κ1) is 17.0. The van der Waals surface area contributed by atoms with E-state index in [0.717, 1.165) is 12.8 Å². The van der Waals surface area contributed by atoms with Crippen molar-refractivity contribution in [3.8, 4) is 0 Å². The molecule has 7 nitrogen and oxygen atoms in total. The molecule has 2 aliphatic rings. The Labute approximate surface area is 122 Å². The van der Waals surface area contributed by atoms with Gasteiger partial charge in [-0.05, 0) is 24.7 Å². The summed E-state index contributed by atoms with van der Waals surface area (Å²) in [5.41, 5.74) is 0. The van der Waals surface area contributed by atoms with Crippen LogP contribution >= 0.6 is 27.1 Å². The molecule has 20 heavy (non-hydrogen) atoms. The van der Waals surface area contributed by atoms with Crippen molar-refractivity contribution in [2.45, 2.75) is 36.6 Å². The second-order valence-corrected chi connectivity index (χ2v) is 10.7. The molecule has 0 amide bonds. The summed E-state index contributed by atoms with van der Waals surface area (Å²) in [5, 5.41) is -1.66. The summed E-state index contributed by atoms with van der Waals surface area (Å²) in [4.78, 5) is 38.1. The third-order valence-electron chi connectivity index (χ3n) is 4.42. The predicted molar refractivity (Wildman–Crippen MR) is 77.6 cm³/mol. The molecule has 1 saturated heterocycles. The lowest BCUT2D eigenvalue weighted by molar-refractivity contribution is 0.202. The minimum absolute atomic E-state index is 0.00771. The molecule has 4 atom stereocenters. The molecule has 1 aliphatic carbocycles. The molecule has 0 radical (unpaired) electrons. The maximum absolute atomic E-state index is 12.0. The highest BCUT2D eigenvalue weighted by Crippen LogP contribution is 2.64. The Morgan fingerprint density at radius 1 is 1.25 bits per heavy atom. The highest BCUT2D eigenvalue weighted by molar-refractivity contribution is 7.98. The Morgan fingerprint density at radius 2 is 1.90 bits per heavy atom. The van der Waals surface area contributed by atoms with Gasteiger partial charge in [-0.1, -0.05) is 25.3 Å². The molecule has 5 N–H and O–H groups in total. The number of rotatable bonds is 3. The summed E-state index contributed by atoms with van der Waals surface area (Å²) in [6.45, 7) is 2.02. The van der Waals surface area contributed by atoms with Crippen molar-refractivity contribution in [3.63, 3.8) is 0 Å². The predicted octanol–water partition coefficient (Wildman–Crippen LogP) is 1.14. The molecular formula is C10H21NO6P2S. The minimum atomic E-state index is -4.65. The van der Waals surface area contributed by atoms with Crippen LogP contribution in [0.4, 0.5) is 0 Å². The largest absolute Gasteiger partial charge is 0.333 e. The van der Waals surface area contributed by atoms with Gasteiger partial charge in [0, 0.05) is 11.8 Å². The summed E-state index contributed by atoms with van der Waals surface area (Å²) in [6, 6.07) is 0. The van der Waals surface area contributed by atoms with Crippen molar-refractivity contribution >= 4 is 27.1 Å². The van der Waals surface area contributed by atoms with Crippen LogP contribution in [0.25, 0.3) is 0 Å². The lowest BCUT2D eigenvalue weighted by Gasteiger charge is -2.50. The summed E-state index contributed by atoms with van der Waals surface area (Å²) < 4.78 is 26.3. The van der Waals surface area contributed by atoms with Gasteiger partial charge in [0.25, 0.3) is 0 Å². The summed E-state index contributed by atoms with van der Waals surface area (Å²) in [6.07, 6.45) is 1.49. The molecular weight excluding hydrogens is 324 g/mol. The summed E-state index contributed by atoms with van der Waals surface area (Å²) in [5.74, 6) is 0.103. The summed E-state index contributed by atoms with van der Waals surface area (Å²) >= 11 is 1.45.